The number of benzene rings is 1. The van der Waals surface area contributed by atoms with Gasteiger partial charge in [-0.25, -0.2) is 0 Å². The molecule has 0 aliphatic heterocycles. The molecule has 0 unspecified atom stereocenters. The van der Waals surface area contributed by atoms with Gasteiger partial charge in [0, 0.05) is 25.6 Å². The molecule has 2 aromatic rings. The molecule has 0 atom stereocenters. The summed E-state index contributed by atoms with van der Waals surface area (Å²) in [5, 5.41) is 4.84. The summed E-state index contributed by atoms with van der Waals surface area (Å²) in [5.41, 5.74) is -0.0580. The largest absolute Gasteiger partial charge is 0.385 e. The van der Waals surface area contributed by atoms with Gasteiger partial charge in [0.05, 0.1) is 0 Å². The number of aromatic amines is 1. The van der Waals surface area contributed by atoms with Gasteiger partial charge in [-0.1, -0.05) is 18.2 Å². The lowest BCUT2D eigenvalue weighted by molar-refractivity contribution is 0.198. The number of pyridine rings is 1. The molecular weight excluding hydrogens is 216 g/mol. The number of nitrogens with one attached hydrogen (secondary N) is 2. The summed E-state index contributed by atoms with van der Waals surface area (Å²) < 4.78 is 4.96. The molecule has 90 valence electrons. The summed E-state index contributed by atoms with van der Waals surface area (Å²) in [6.07, 6.45) is 0.908. The first-order valence-electron chi connectivity index (χ1n) is 5.66. The Labute approximate surface area is 99.6 Å². The molecule has 1 aromatic carbocycles. The molecule has 4 heteroatoms. The van der Waals surface area contributed by atoms with Gasteiger partial charge < -0.3 is 15.0 Å². The van der Waals surface area contributed by atoms with E-state index in [9.17, 15) is 4.79 Å². The first-order chi connectivity index (χ1) is 8.31. The lowest BCUT2D eigenvalue weighted by Crippen LogP contribution is -2.12. The molecule has 0 bridgehead atoms. The Hall–Kier alpha value is -1.81. The van der Waals surface area contributed by atoms with Crippen molar-refractivity contribution < 1.29 is 4.74 Å². The highest BCUT2D eigenvalue weighted by molar-refractivity contribution is 5.83. The van der Waals surface area contributed by atoms with Crippen LogP contribution in [0.25, 0.3) is 10.8 Å². The van der Waals surface area contributed by atoms with Gasteiger partial charge >= 0.3 is 0 Å². The molecule has 2 rings (SSSR count). The van der Waals surface area contributed by atoms with Gasteiger partial charge in [0.1, 0.15) is 5.82 Å². The minimum absolute atomic E-state index is 0.0580. The monoisotopic (exact) mass is 232 g/mol. The summed E-state index contributed by atoms with van der Waals surface area (Å²) in [6.45, 7) is 1.49. The minimum atomic E-state index is -0.0580. The SMILES string of the molecule is COCCCNc1cc2ccccc2c(=O)[nH]1. The number of aromatic nitrogens is 1. The number of ether oxygens (including phenoxy) is 1. The van der Waals surface area contributed by atoms with E-state index >= 15 is 0 Å². The zero-order chi connectivity index (χ0) is 12.1. The Morgan fingerprint density at radius 3 is 3.00 bits per heavy atom. The quantitative estimate of drug-likeness (QED) is 0.775. The van der Waals surface area contributed by atoms with E-state index in [0.717, 1.165) is 29.6 Å². The van der Waals surface area contributed by atoms with Crippen LogP contribution in [0.1, 0.15) is 6.42 Å². The summed E-state index contributed by atoms with van der Waals surface area (Å²) in [6, 6.07) is 9.50. The van der Waals surface area contributed by atoms with Crippen molar-refractivity contribution in [2.45, 2.75) is 6.42 Å². The molecule has 1 aromatic heterocycles. The molecule has 0 saturated heterocycles. The third-order valence-corrected chi connectivity index (χ3v) is 2.59. The van der Waals surface area contributed by atoms with Gasteiger partial charge in [-0.3, -0.25) is 4.79 Å². The van der Waals surface area contributed by atoms with Crippen LogP contribution >= 0.6 is 0 Å². The van der Waals surface area contributed by atoms with E-state index < -0.39 is 0 Å². The predicted octanol–water partition coefficient (Wildman–Crippen LogP) is 1.98. The van der Waals surface area contributed by atoms with E-state index in [2.05, 4.69) is 10.3 Å². The molecular formula is C13H16N2O2. The van der Waals surface area contributed by atoms with Crippen molar-refractivity contribution in [3.8, 4) is 0 Å². The third kappa shape index (κ3) is 2.85. The van der Waals surface area contributed by atoms with Crippen LogP contribution in [0.15, 0.2) is 35.1 Å². The van der Waals surface area contributed by atoms with Crippen LogP contribution < -0.4 is 10.9 Å². The molecule has 0 amide bonds. The van der Waals surface area contributed by atoms with Crippen LogP contribution in [0.3, 0.4) is 0 Å². The topological polar surface area (TPSA) is 54.1 Å². The number of hydrogen-bond acceptors (Lipinski definition) is 3. The summed E-state index contributed by atoms with van der Waals surface area (Å²) in [4.78, 5) is 14.6. The normalized spacial score (nSPS) is 10.6. The highest BCUT2D eigenvalue weighted by Gasteiger charge is 2.00. The van der Waals surface area contributed by atoms with Gasteiger partial charge in [-0.05, 0) is 23.9 Å². The second-order valence-corrected chi connectivity index (χ2v) is 3.87. The molecule has 1 heterocycles. The molecule has 0 radical (unpaired) electrons. The van der Waals surface area contributed by atoms with Crippen molar-refractivity contribution >= 4 is 16.6 Å². The van der Waals surface area contributed by atoms with Crippen molar-refractivity contribution in [2.24, 2.45) is 0 Å². The van der Waals surface area contributed by atoms with E-state index in [1.165, 1.54) is 0 Å². The minimum Gasteiger partial charge on any atom is -0.385 e. The maximum absolute atomic E-state index is 11.8. The van der Waals surface area contributed by atoms with Gasteiger partial charge in [0.15, 0.2) is 0 Å². The molecule has 0 aliphatic rings. The number of H-pyrrole nitrogens is 1. The maximum atomic E-state index is 11.8. The fourth-order valence-electron chi connectivity index (χ4n) is 1.75. The van der Waals surface area contributed by atoms with Gasteiger partial charge in [-0.15, -0.1) is 0 Å². The van der Waals surface area contributed by atoms with E-state index in [4.69, 9.17) is 4.74 Å². The van der Waals surface area contributed by atoms with E-state index in [1.807, 2.05) is 30.3 Å². The number of rotatable bonds is 5. The molecule has 2 N–H and O–H groups in total. The average Bonchev–Trinajstić information content (AvgIpc) is 2.35. The second kappa shape index (κ2) is 5.50. The van der Waals surface area contributed by atoms with E-state index in [0.29, 0.717) is 6.61 Å². The van der Waals surface area contributed by atoms with Crippen LogP contribution in [0.5, 0.6) is 0 Å². The Balaban J connectivity index is 2.16. The molecule has 0 spiro atoms. The Morgan fingerprint density at radius 2 is 2.18 bits per heavy atom. The van der Waals surface area contributed by atoms with Crippen LogP contribution in [-0.4, -0.2) is 25.2 Å². The van der Waals surface area contributed by atoms with E-state index in [-0.39, 0.29) is 5.56 Å². The van der Waals surface area contributed by atoms with Crippen molar-refractivity contribution in [2.75, 3.05) is 25.6 Å². The fourth-order valence-corrected chi connectivity index (χ4v) is 1.75. The highest BCUT2D eigenvalue weighted by Crippen LogP contribution is 2.12. The Morgan fingerprint density at radius 1 is 1.35 bits per heavy atom. The lowest BCUT2D eigenvalue weighted by atomic mass is 10.2. The van der Waals surface area contributed by atoms with Gasteiger partial charge in [0.2, 0.25) is 0 Å². The Kier molecular flexibility index (Phi) is 3.77. The standard InChI is InChI=1S/C13H16N2O2/c1-17-8-4-7-14-12-9-10-5-2-3-6-11(10)13(16)15-12/h2-3,5-6,9H,4,7-8H2,1H3,(H2,14,15,16). The van der Waals surface area contributed by atoms with Crippen molar-refractivity contribution in [3.05, 3.63) is 40.7 Å². The summed E-state index contributed by atoms with van der Waals surface area (Å²) in [7, 11) is 1.68. The number of hydrogen-bond donors (Lipinski definition) is 2. The van der Waals surface area contributed by atoms with Crippen molar-refractivity contribution in [3.63, 3.8) is 0 Å². The van der Waals surface area contributed by atoms with Crippen LogP contribution in [0.4, 0.5) is 5.82 Å². The smallest absolute Gasteiger partial charge is 0.257 e. The van der Waals surface area contributed by atoms with Crippen molar-refractivity contribution in [1.29, 1.82) is 0 Å². The highest BCUT2D eigenvalue weighted by atomic mass is 16.5. The summed E-state index contributed by atoms with van der Waals surface area (Å²) in [5.74, 6) is 0.754. The molecule has 17 heavy (non-hydrogen) atoms. The molecule has 0 saturated carbocycles. The van der Waals surface area contributed by atoms with Crippen LogP contribution in [-0.2, 0) is 4.74 Å². The first kappa shape index (κ1) is 11.7. The maximum Gasteiger partial charge on any atom is 0.257 e. The van der Waals surface area contributed by atoms with Gasteiger partial charge in [0.25, 0.3) is 5.56 Å². The molecule has 0 aliphatic carbocycles. The number of methoxy groups -OCH3 is 1. The Bertz CT molecular complexity index is 548. The van der Waals surface area contributed by atoms with Crippen LogP contribution in [0.2, 0.25) is 0 Å². The average molecular weight is 232 g/mol. The second-order valence-electron chi connectivity index (χ2n) is 3.87. The van der Waals surface area contributed by atoms with Crippen molar-refractivity contribution in [1.82, 2.24) is 4.98 Å². The first-order valence-corrected chi connectivity index (χ1v) is 5.66. The third-order valence-electron chi connectivity index (χ3n) is 2.59. The fraction of sp³-hybridized carbons (Fsp3) is 0.308. The number of fused-ring (bicyclic) bond motifs is 1. The molecule has 4 nitrogen and oxygen atoms in total. The van der Waals surface area contributed by atoms with Crippen LogP contribution in [0, 0.1) is 0 Å². The van der Waals surface area contributed by atoms with Gasteiger partial charge in [-0.2, -0.15) is 0 Å². The summed E-state index contributed by atoms with van der Waals surface area (Å²) >= 11 is 0. The zero-order valence-corrected chi connectivity index (χ0v) is 9.82. The molecule has 0 fully saturated rings. The van der Waals surface area contributed by atoms with E-state index in [1.54, 1.807) is 7.11 Å². The zero-order valence-electron chi connectivity index (χ0n) is 9.82. The predicted molar refractivity (Wildman–Crippen MR) is 69.6 cm³/mol. The number of anilines is 1. The lowest BCUT2D eigenvalue weighted by Gasteiger charge is -2.06.